The molecule has 0 radical (unpaired) electrons. The lowest BCUT2D eigenvalue weighted by Crippen LogP contribution is -2.33. The molecule has 0 aromatic heterocycles. The lowest BCUT2D eigenvalue weighted by Gasteiger charge is -2.25. The van der Waals surface area contributed by atoms with Crippen LogP contribution in [0.15, 0.2) is 22.7 Å². The summed E-state index contributed by atoms with van der Waals surface area (Å²) >= 11 is 3.20. The molecule has 0 spiro atoms. The van der Waals surface area contributed by atoms with Gasteiger partial charge in [0.1, 0.15) is 17.7 Å². The summed E-state index contributed by atoms with van der Waals surface area (Å²) in [5, 5.41) is 10.3. The third-order valence-electron chi connectivity index (χ3n) is 2.91. The Hall–Kier alpha value is -1.43. The number of carbonyl (C=O) groups excluding carboxylic acids is 1. The highest BCUT2D eigenvalue weighted by Crippen LogP contribution is 2.30. The molecule has 1 atom stereocenters. The van der Waals surface area contributed by atoms with Crippen molar-refractivity contribution in [3.05, 3.63) is 34.1 Å². The van der Waals surface area contributed by atoms with Gasteiger partial charge in [-0.25, -0.2) is 9.18 Å². The van der Waals surface area contributed by atoms with Crippen molar-refractivity contribution < 1.29 is 9.18 Å². The number of rotatable bonds is 3. The van der Waals surface area contributed by atoms with Gasteiger partial charge in [0, 0.05) is 16.6 Å². The Morgan fingerprint density at radius 1 is 1.53 bits per heavy atom. The molecule has 1 unspecified atom stereocenters. The second kappa shape index (κ2) is 5.28. The average Bonchev–Trinajstić information content (AvgIpc) is 2.54. The number of hydrogen-bond donors (Lipinski definition) is 2. The lowest BCUT2D eigenvalue weighted by molar-refractivity contribution is 0.197. The van der Waals surface area contributed by atoms with Gasteiger partial charge in [-0.2, -0.15) is 0 Å². The number of halogens is 2. The Balaban J connectivity index is 2.39. The Morgan fingerprint density at radius 2 is 2.21 bits per heavy atom. The minimum Gasteiger partial charge on any atom is -0.310 e. The monoisotopic (exact) mass is 327 g/mol. The third-order valence-corrected chi connectivity index (χ3v) is 3.40. The van der Waals surface area contributed by atoms with Gasteiger partial charge >= 0.3 is 6.03 Å². The van der Waals surface area contributed by atoms with E-state index in [1.807, 2.05) is 13.8 Å². The Kier molecular flexibility index (Phi) is 3.89. The SMILES string of the molecule is CC(C)CN1C(=O)NC(=N)C1c1ccc(Br)cc1F. The Bertz CT molecular complexity index is 533. The minimum absolute atomic E-state index is 0.0203. The Labute approximate surface area is 119 Å². The van der Waals surface area contributed by atoms with E-state index in [0.29, 0.717) is 16.6 Å². The zero-order valence-electron chi connectivity index (χ0n) is 10.7. The number of benzene rings is 1. The number of urea groups is 1. The van der Waals surface area contributed by atoms with E-state index >= 15 is 0 Å². The second-order valence-electron chi connectivity index (χ2n) is 4.96. The van der Waals surface area contributed by atoms with Gasteiger partial charge in [-0.15, -0.1) is 0 Å². The summed E-state index contributed by atoms with van der Waals surface area (Å²) in [6.07, 6.45) is 0. The number of amides is 2. The van der Waals surface area contributed by atoms with Crippen LogP contribution in [0.4, 0.5) is 9.18 Å². The number of amidine groups is 1. The molecule has 1 saturated heterocycles. The van der Waals surface area contributed by atoms with E-state index in [2.05, 4.69) is 21.2 Å². The molecule has 2 N–H and O–H groups in total. The van der Waals surface area contributed by atoms with Crippen LogP contribution in [0, 0.1) is 17.1 Å². The van der Waals surface area contributed by atoms with Gasteiger partial charge in [-0.1, -0.05) is 35.8 Å². The summed E-state index contributed by atoms with van der Waals surface area (Å²) in [6, 6.07) is 3.65. The van der Waals surface area contributed by atoms with E-state index in [4.69, 9.17) is 5.41 Å². The summed E-state index contributed by atoms with van der Waals surface area (Å²) in [4.78, 5) is 13.3. The van der Waals surface area contributed by atoms with E-state index in [1.54, 1.807) is 12.1 Å². The summed E-state index contributed by atoms with van der Waals surface area (Å²) in [6.45, 7) is 4.43. The van der Waals surface area contributed by atoms with Crippen LogP contribution in [0.5, 0.6) is 0 Å². The fourth-order valence-electron chi connectivity index (χ4n) is 2.16. The fraction of sp³-hybridized carbons (Fsp3) is 0.385. The summed E-state index contributed by atoms with van der Waals surface area (Å²) in [5.41, 5.74) is 0.340. The third kappa shape index (κ3) is 2.78. The topological polar surface area (TPSA) is 56.2 Å². The first-order chi connectivity index (χ1) is 8.90. The van der Waals surface area contributed by atoms with Crippen molar-refractivity contribution in [1.29, 1.82) is 5.41 Å². The van der Waals surface area contributed by atoms with Gasteiger partial charge in [0.15, 0.2) is 0 Å². The van der Waals surface area contributed by atoms with Crippen LogP contribution in [0.3, 0.4) is 0 Å². The normalized spacial score (nSPS) is 19.2. The number of nitrogens with zero attached hydrogens (tertiary/aromatic N) is 1. The Morgan fingerprint density at radius 3 is 2.79 bits per heavy atom. The van der Waals surface area contributed by atoms with Crippen molar-refractivity contribution in [3.8, 4) is 0 Å². The van der Waals surface area contributed by atoms with Crippen LogP contribution < -0.4 is 5.32 Å². The summed E-state index contributed by atoms with van der Waals surface area (Å²) in [5.74, 6) is -0.154. The van der Waals surface area contributed by atoms with Crippen molar-refractivity contribution in [2.24, 2.45) is 5.92 Å². The molecular weight excluding hydrogens is 313 g/mol. The van der Waals surface area contributed by atoms with Crippen molar-refractivity contribution in [2.75, 3.05) is 6.54 Å². The number of hydrogen-bond acceptors (Lipinski definition) is 2. The maximum absolute atomic E-state index is 14.0. The molecule has 1 aliphatic rings. The van der Waals surface area contributed by atoms with Gasteiger partial charge in [0.05, 0.1) is 0 Å². The van der Waals surface area contributed by atoms with Crippen molar-refractivity contribution >= 4 is 27.8 Å². The first-order valence-electron chi connectivity index (χ1n) is 6.01. The minimum atomic E-state index is -0.664. The van der Waals surface area contributed by atoms with Gasteiger partial charge in [0.2, 0.25) is 0 Å². The van der Waals surface area contributed by atoms with Gasteiger partial charge in [-0.3, -0.25) is 10.7 Å². The van der Waals surface area contributed by atoms with E-state index < -0.39 is 11.9 Å². The molecule has 6 heteroatoms. The molecule has 19 heavy (non-hydrogen) atoms. The molecule has 2 rings (SSSR count). The molecule has 102 valence electrons. The lowest BCUT2D eigenvalue weighted by atomic mass is 10.0. The molecule has 2 amide bonds. The van der Waals surface area contributed by atoms with E-state index in [0.717, 1.165) is 0 Å². The van der Waals surface area contributed by atoms with Gasteiger partial charge in [0.25, 0.3) is 0 Å². The molecular formula is C13H15BrFN3O. The van der Waals surface area contributed by atoms with Crippen LogP contribution in [0.2, 0.25) is 0 Å². The maximum atomic E-state index is 14.0. The highest BCUT2D eigenvalue weighted by molar-refractivity contribution is 9.10. The highest BCUT2D eigenvalue weighted by Gasteiger charge is 2.38. The molecule has 1 aromatic carbocycles. The molecule has 1 aromatic rings. The largest absolute Gasteiger partial charge is 0.323 e. The number of nitrogens with one attached hydrogen (secondary N) is 2. The molecule has 0 saturated carbocycles. The van der Waals surface area contributed by atoms with Crippen LogP contribution in [-0.2, 0) is 0 Å². The van der Waals surface area contributed by atoms with Crippen molar-refractivity contribution in [2.45, 2.75) is 19.9 Å². The standard InChI is InChI=1S/C13H15BrFN3O/c1-7(2)6-18-11(12(16)17-13(18)19)9-4-3-8(14)5-10(9)15/h3-5,7,11H,6H2,1-2H3,(H2,16,17,19). The molecule has 0 aliphatic carbocycles. The molecule has 0 bridgehead atoms. The fourth-order valence-corrected chi connectivity index (χ4v) is 2.49. The highest BCUT2D eigenvalue weighted by atomic mass is 79.9. The summed E-state index contributed by atoms with van der Waals surface area (Å²) < 4.78 is 14.7. The zero-order valence-corrected chi connectivity index (χ0v) is 12.3. The quantitative estimate of drug-likeness (QED) is 0.879. The van der Waals surface area contributed by atoms with Crippen LogP contribution >= 0.6 is 15.9 Å². The molecule has 1 heterocycles. The van der Waals surface area contributed by atoms with E-state index in [1.165, 1.54) is 11.0 Å². The second-order valence-corrected chi connectivity index (χ2v) is 5.87. The van der Waals surface area contributed by atoms with Crippen LogP contribution in [-0.4, -0.2) is 23.3 Å². The average molecular weight is 328 g/mol. The van der Waals surface area contributed by atoms with E-state index in [9.17, 15) is 9.18 Å². The van der Waals surface area contributed by atoms with Gasteiger partial charge < -0.3 is 4.90 Å². The van der Waals surface area contributed by atoms with Crippen molar-refractivity contribution in [3.63, 3.8) is 0 Å². The molecule has 1 aliphatic heterocycles. The van der Waals surface area contributed by atoms with Crippen LogP contribution in [0.1, 0.15) is 25.5 Å². The molecule has 4 nitrogen and oxygen atoms in total. The predicted octanol–water partition coefficient (Wildman–Crippen LogP) is 3.29. The first-order valence-corrected chi connectivity index (χ1v) is 6.80. The van der Waals surface area contributed by atoms with Gasteiger partial charge in [-0.05, 0) is 18.1 Å². The predicted molar refractivity (Wildman–Crippen MR) is 74.6 cm³/mol. The number of carbonyl (C=O) groups is 1. The summed E-state index contributed by atoms with van der Waals surface area (Å²) in [7, 11) is 0. The van der Waals surface area contributed by atoms with Crippen LogP contribution in [0.25, 0.3) is 0 Å². The van der Waals surface area contributed by atoms with E-state index in [-0.39, 0.29) is 17.8 Å². The smallest absolute Gasteiger partial charge is 0.310 e. The molecule has 1 fully saturated rings. The van der Waals surface area contributed by atoms with Crippen molar-refractivity contribution in [1.82, 2.24) is 10.2 Å². The first kappa shape index (κ1) is 14.0. The zero-order chi connectivity index (χ0) is 14.2. The maximum Gasteiger partial charge on any atom is 0.323 e.